The summed E-state index contributed by atoms with van der Waals surface area (Å²) in [5.41, 5.74) is 4.40. The molecule has 0 fully saturated rings. The smallest absolute Gasteiger partial charge is 0.210 e. The maximum atomic E-state index is 3.56. The molecule has 20 heavy (non-hydrogen) atoms. The number of rotatable bonds is 1. The maximum Gasteiger partial charge on any atom is 0.210 e. The highest BCUT2D eigenvalue weighted by Crippen LogP contribution is 2.43. The fourth-order valence-electron chi connectivity index (χ4n) is 3.28. The quantitative estimate of drug-likeness (QED) is 0.468. The summed E-state index contributed by atoms with van der Waals surface area (Å²) in [5.74, 6) is 0. The van der Waals surface area contributed by atoms with Gasteiger partial charge in [0.05, 0.1) is 5.41 Å². The van der Waals surface area contributed by atoms with E-state index in [1.165, 1.54) is 27.7 Å². The van der Waals surface area contributed by atoms with Crippen LogP contribution in [0.5, 0.6) is 0 Å². The van der Waals surface area contributed by atoms with Gasteiger partial charge in [-0.15, -0.1) is 0 Å². The zero-order valence-corrected chi connectivity index (χ0v) is 16.0. The number of benzene rings is 2. The summed E-state index contributed by atoms with van der Waals surface area (Å²) >= 11 is 3.56. The molecule has 0 saturated carbocycles. The lowest BCUT2D eigenvalue weighted by molar-refractivity contribution is -0.434. The molecule has 3 heteroatoms. The molecule has 1 aliphatic heterocycles. The first-order chi connectivity index (χ1) is 8.96. The van der Waals surface area contributed by atoms with Gasteiger partial charge in [0.25, 0.3) is 0 Å². The molecule has 2 aromatic carbocycles. The van der Waals surface area contributed by atoms with Crippen molar-refractivity contribution in [2.45, 2.75) is 33.1 Å². The maximum absolute atomic E-state index is 3.56. The Morgan fingerprint density at radius 3 is 2.50 bits per heavy atom. The highest BCUT2D eigenvalue weighted by Gasteiger charge is 2.43. The van der Waals surface area contributed by atoms with E-state index < -0.39 is 0 Å². The number of fused-ring (bicyclic) bond motifs is 3. The molecule has 0 aromatic heterocycles. The summed E-state index contributed by atoms with van der Waals surface area (Å²) in [6.07, 6.45) is 0. The second-order valence-corrected chi connectivity index (χ2v) is 6.70. The van der Waals surface area contributed by atoms with Gasteiger partial charge in [0.15, 0.2) is 5.71 Å². The van der Waals surface area contributed by atoms with E-state index in [9.17, 15) is 0 Å². The van der Waals surface area contributed by atoms with E-state index in [4.69, 9.17) is 0 Å². The van der Waals surface area contributed by atoms with Crippen molar-refractivity contribution in [1.29, 1.82) is 0 Å². The summed E-state index contributed by atoms with van der Waals surface area (Å²) in [6.45, 7) is 10.2. The third kappa shape index (κ3) is 2.13. The van der Waals surface area contributed by atoms with Gasteiger partial charge < -0.3 is 24.0 Å². The average molecular weight is 444 g/mol. The number of nitrogens with zero attached hydrogens (tertiary/aromatic N) is 1. The molecule has 0 radical (unpaired) electrons. The molecule has 2 aromatic rings. The van der Waals surface area contributed by atoms with Crippen molar-refractivity contribution in [3.05, 3.63) is 40.4 Å². The summed E-state index contributed by atoms with van der Waals surface area (Å²) in [4.78, 5) is 0. The van der Waals surface area contributed by atoms with Gasteiger partial charge in [-0.3, -0.25) is 0 Å². The lowest BCUT2D eigenvalue weighted by Gasteiger charge is -2.17. The molecule has 106 valence electrons. The molecule has 3 rings (SSSR count). The Morgan fingerprint density at radius 2 is 1.85 bits per heavy atom. The normalized spacial score (nSPS) is 16.2. The van der Waals surface area contributed by atoms with E-state index in [-0.39, 0.29) is 29.4 Å². The van der Waals surface area contributed by atoms with E-state index in [1.807, 2.05) is 0 Å². The monoisotopic (exact) mass is 443 g/mol. The van der Waals surface area contributed by atoms with E-state index in [1.54, 1.807) is 0 Å². The van der Waals surface area contributed by atoms with Crippen LogP contribution in [0.25, 0.3) is 10.8 Å². The van der Waals surface area contributed by atoms with Gasteiger partial charge >= 0.3 is 0 Å². The van der Waals surface area contributed by atoms with Crippen molar-refractivity contribution < 1.29 is 28.6 Å². The first-order valence-electron chi connectivity index (χ1n) is 6.81. The van der Waals surface area contributed by atoms with Crippen molar-refractivity contribution in [2.24, 2.45) is 0 Å². The van der Waals surface area contributed by atoms with Crippen LogP contribution in [0.2, 0.25) is 0 Å². The molecule has 1 nitrogen and oxygen atoms in total. The fourth-order valence-corrected chi connectivity index (χ4v) is 3.66. The van der Waals surface area contributed by atoms with Crippen molar-refractivity contribution in [3.8, 4) is 0 Å². The molecule has 1 aliphatic rings. The van der Waals surface area contributed by atoms with Crippen LogP contribution in [-0.4, -0.2) is 16.8 Å². The molecule has 0 aliphatic carbocycles. The molecule has 0 bridgehead atoms. The van der Waals surface area contributed by atoms with Crippen molar-refractivity contribution >= 4 is 38.1 Å². The van der Waals surface area contributed by atoms with Crippen molar-refractivity contribution in [1.82, 2.24) is 0 Å². The highest BCUT2D eigenvalue weighted by molar-refractivity contribution is 9.10. The zero-order chi connectivity index (χ0) is 13.8. The zero-order valence-electron chi connectivity index (χ0n) is 12.3. The summed E-state index contributed by atoms with van der Waals surface area (Å²) < 4.78 is 3.58. The van der Waals surface area contributed by atoms with Crippen molar-refractivity contribution in [3.63, 3.8) is 0 Å². The van der Waals surface area contributed by atoms with Gasteiger partial charge in [-0.2, -0.15) is 4.58 Å². The molecule has 0 N–H and O–H groups in total. The van der Waals surface area contributed by atoms with Crippen LogP contribution in [-0.2, 0) is 5.41 Å². The van der Waals surface area contributed by atoms with Gasteiger partial charge in [0.2, 0.25) is 5.69 Å². The molecular weight excluding hydrogens is 425 g/mol. The van der Waals surface area contributed by atoms with Crippen LogP contribution in [0.4, 0.5) is 5.69 Å². The molecule has 0 atom stereocenters. The molecule has 1 heterocycles. The highest BCUT2D eigenvalue weighted by atomic mass is 127. The van der Waals surface area contributed by atoms with Gasteiger partial charge in [0.1, 0.15) is 6.54 Å². The second kappa shape index (κ2) is 5.41. The van der Waals surface area contributed by atoms with Crippen molar-refractivity contribution in [2.75, 3.05) is 6.54 Å². The Labute approximate surface area is 146 Å². The summed E-state index contributed by atoms with van der Waals surface area (Å²) in [6, 6.07) is 11.1. The van der Waals surface area contributed by atoms with Gasteiger partial charge in [-0.05, 0) is 49.7 Å². The van der Waals surface area contributed by atoms with E-state index in [0.717, 1.165) is 11.0 Å². The molecule has 0 unspecified atom stereocenters. The summed E-state index contributed by atoms with van der Waals surface area (Å²) in [5, 5.41) is 2.69. The Bertz CT molecular complexity index is 716. The van der Waals surface area contributed by atoms with Gasteiger partial charge in [-0.1, -0.05) is 22.0 Å². The van der Waals surface area contributed by atoms with Crippen LogP contribution in [0.3, 0.4) is 0 Å². The minimum absolute atomic E-state index is 0. The average Bonchev–Trinajstić information content (AvgIpc) is 2.57. The lowest BCUT2D eigenvalue weighted by atomic mass is 9.80. The Morgan fingerprint density at radius 1 is 1.15 bits per heavy atom. The third-order valence-corrected chi connectivity index (χ3v) is 4.99. The SMILES string of the molecule is CC[N+]1=C(C)C(C)(C)c2c1ccc1cc(Br)ccc21.[I-]. The Hall–Kier alpha value is -0.420. The van der Waals surface area contributed by atoms with E-state index in [2.05, 4.69) is 78.5 Å². The third-order valence-electron chi connectivity index (χ3n) is 4.50. The standard InChI is InChI=1S/C17H19BrN.HI/c1-5-19-11(2)17(3,4)16-14-8-7-13(18)10-12(14)6-9-15(16)19;/h6-10H,5H2,1-4H3;1H/q+1;/p-1. The topological polar surface area (TPSA) is 3.01 Å². The summed E-state index contributed by atoms with van der Waals surface area (Å²) in [7, 11) is 0. The second-order valence-electron chi connectivity index (χ2n) is 5.78. The number of halogens is 2. The largest absolute Gasteiger partial charge is 1.00 e. The van der Waals surface area contributed by atoms with Crippen LogP contribution >= 0.6 is 15.9 Å². The van der Waals surface area contributed by atoms with Gasteiger partial charge in [0, 0.05) is 23.0 Å². The number of hydrogen-bond donors (Lipinski definition) is 0. The predicted molar refractivity (Wildman–Crippen MR) is 85.8 cm³/mol. The van der Waals surface area contributed by atoms with Gasteiger partial charge in [-0.25, -0.2) is 0 Å². The van der Waals surface area contributed by atoms with Crippen LogP contribution in [0.1, 0.15) is 33.3 Å². The van der Waals surface area contributed by atoms with E-state index in [0.29, 0.717) is 0 Å². The number of hydrogen-bond acceptors (Lipinski definition) is 0. The Balaban J connectivity index is 0.00000147. The fraction of sp³-hybridized carbons (Fsp3) is 0.353. The molecule has 0 saturated heterocycles. The Kier molecular flexibility index (Phi) is 4.32. The minimum Gasteiger partial charge on any atom is -1.00 e. The molecule has 0 amide bonds. The molecule has 0 spiro atoms. The first kappa shape index (κ1) is 16.0. The van der Waals surface area contributed by atoms with Crippen LogP contribution in [0.15, 0.2) is 34.8 Å². The minimum atomic E-state index is 0. The van der Waals surface area contributed by atoms with Crippen LogP contribution < -0.4 is 24.0 Å². The molecular formula is C17H19BrIN. The predicted octanol–water partition coefficient (Wildman–Crippen LogP) is 2.02. The van der Waals surface area contributed by atoms with E-state index >= 15 is 0 Å². The first-order valence-corrected chi connectivity index (χ1v) is 7.60. The van der Waals surface area contributed by atoms with Crippen LogP contribution in [0, 0.1) is 0 Å². The lowest BCUT2D eigenvalue weighted by Crippen LogP contribution is -3.00.